The summed E-state index contributed by atoms with van der Waals surface area (Å²) in [6.07, 6.45) is 5.91. The van der Waals surface area contributed by atoms with Crippen molar-refractivity contribution in [1.29, 1.82) is 0 Å². The van der Waals surface area contributed by atoms with Gasteiger partial charge in [-0.2, -0.15) is 0 Å². The molecule has 1 heteroatoms. The minimum absolute atomic E-state index is 1.21. The van der Waals surface area contributed by atoms with Crippen LogP contribution in [0, 0.1) is 0 Å². The smallest absolute Gasteiger partial charge is 0.0453 e. The zero-order chi connectivity index (χ0) is 12.2. The Morgan fingerprint density at radius 3 is 2.11 bits per heavy atom. The molecule has 0 atom stereocenters. The fraction of sp³-hybridized carbons (Fsp3) is 0.176. The Balaban J connectivity index is 0.000000111. The van der Waals surface area contributed by atoms with Crippen molar-refractivity contribution >= 4 is 10.9 Å². The van der Waals surface area contributed by atoms with Crippen LogP contribution in [-0.2, 0) is 12.8 Å². The van der Waals surface area contributed by atoms with Crippen molar-refractivity contribution < 1.29 is 0 Å². The average Bonchev–Trinajstić information content (AvgIpc) is 3.08. The van der Waals surface area contributed by atoms with Crippen molar-refractivity contribution in [1.82, 2.24) is 4.98 Å². The zero-order valence-corrected chi connectivity index (χ0v) is 10.4. The van der Waals surface area contributed by atoms with Crippen molar-refractivity contribution in [3.05, 3.63) is 71.9 Å². The lowest BCUT2D eigenvalue weighted by molar-refractivity contribution is 0.912. The van der Waals surface area contributed by atoms with Gasteiger partial charge in [-0.05, 0) is 47.9 Å². The number of hydrogen-bond donors (Lipinski definition) is 1. The Labute approximate surface area is 107 Å². The fourth-order valence-electron chi connectivity index (χ4n) is 2.51. The van der Waals surface area contributed by atoms with E-state index in [0.717, 1.165) is 0 Å². The Morgan fingerprint density at radius 1 is 0.722 bits per heavy atom. The summed E-state index contributed by atoms with van der Waals surface area (Å²) in [6.45, 7) is 0. The first kappa shape index (κ1) is 11.1. The molecular formula is C17H17N. The van der Waals surface area contributed by atoms with Crippen LogP contribution in [0.15, 0.2) is 60.8 Å². The van der Waals surface area contributed by atoms with E-state index >= 15 is 0 Å². The third kappa shape index (κ3) is 2.30. The number of fused-ring (bicyclic) bond motifs is 2. The minimum Gasteiger partial charge on any atom is -0.361 e. The molecule has 0 amide bonds. The number of aromatic amines is 1. The van der Waals surface area contributed by atoms with Crippen LogP contribution in [0.2, 0.25) is 0 Å². The lowest BCUT2D eigenvalue weighted by Gasteiger charge is -1.93. The summed E-state index contributed by atoms with van der Waals surface area (Å²) in [7, 11) is 0. The summed E-state index contributed by atoms with van der Waals surface area (Å²) in [5, 5.41) is 1.28. The van der Waals surface area contributed by atoms with Gasteiger partial charge in [-0.15, -0.1) is 0 Å². The standard InChI is InChI=1S/C9H10.C8H7N/c1-2-5-9-7-3-6-8(9)4-1;1-2-4-8-7(3-1)5-6-9-8/h1-2,4-5H,3,6-7H2;1-6,9H. The third-order valence-corrected chi connectivity index (χ3v) is 3.47. The van der Waals surface area contributed by atoms with E-state index in [2.05, 4.69) is 47.4 Å². The van der Waals surface area contributed by atoms with Crippen LogP contribution in [0.4, 0.5) is 0 Å². The van der Waals surface area contributed by atoms with Crippen LogP contribution < -0.4 is 0 Å². The molecule has 1 N–H and O–H groups in total. The lowest BCUT2D eigenvalue weighted by Crippen LogP contribution is -1.77. The van der Waals surface area contributed by atoms with Gasteiger partial charge in [0, 0.05) is 11.7 Å². The highest BCUT2D eigenvalue weighted by Crippen LogP contribution is 2.20. The van der Waals surface area contributed by atoms with Gasteiger partial charge in [0.15, 0.2) is 0 Å². The summed E-state index contributed by atoms with van der Waals surface area (Å²) in [4.78, 5) is 3.12. The van der Waals surface area contributed by atoms with Crippen LogP contribution in [0.5, 0.6) is 0 Å². The van der Waals surface area contributed by atoms with E-state index < -0.39 is 0 Å². The molecule has 0 spiro atoms. The van der Waals surface area contributed by atoms with Crippen molar-refractivity contribution in [2.75, 3.05) is 0 Å². The van der Waals surface area contributed by atoms with Crippen molar-refractivity contribution in [2.45, 2.75) is 19.3 Å². The monoisotopic (exact) mass is 235 g/mol. The first-order valence-corrected chi connectivity index (χ1v) is 6.52. The number of H-pyrrole nitrogens is 1. The molecule has 3 aromatic rings. The number of rotatable bonds is 0. The largest absolute Gasteiger partial charge is 0.361 e. The quantitative estimate of drug-likeness (QED) is 0.596. The van der Waals surface area contributed by atoms with Crippen LogP contribution >= 0.6 is 0 Å². The van der Waals surface area contributed by atoms with Gasteiger partial charge in [0.25, 0.3) is 0 Å². The van der Waals surface area contributed by atoms with Gasteiger partial charge >= 0.3 is 0 Å². The van der Waals surface area contributed by atoms with Gasteiger partial charge in [0.1, 0.15) is 0 Å². The molecule has 4 rings (SSSR count). The SMILES string of the molecule is c1ccc2[nH]ccc2c1.c1ccc2c(c1)CCC2. The Morgan fingerprint density at radius 2 is 1.39 bits per heavy atom. The molecule has 0 aliphatic heterocycles. The maximum absolute atomic E-state index is 3.12. The summed E-state index contributed by atoms with van der Waals surface area (Å²) in [6, 6.07) is 19.0. The number of hydrogen-bond acceptors (Lipinski definition) is 0. The van der Waals surface area contributed by atoms with Gasteiger partial charge in [0.05, 0.1) is 0 Å². The topological polar surface area (TPSA) is 15.8 Å². The summed E-state index contributed by atoms with van der Waals surface area (Å²) in [5.74, 6) is 0. The van der Waals surface area contributed by atoms with E-state index in [1.165, 1.54) is 30.2 Å². The first-order chi connectivity index (χ1) is 8.93. The molecule has 0 saturated carbocycles. The number of benzene rings is 2. The van der Waals surface area contributed by atoms with Gasteiger partial charge in [-0.25, -0.2) is 0 Å². The number of aryl methyl sites for hydroxylation is 2. The predicted molar refractivity (Wildman–Crippen MR) is 76.8 cm³/mol. The second-order valence-electron chi connectivity index (χ2n) is 4.69. The summed E-state index contributed by atoms with van der Waals surface area (Å²) in [5.41, 5.74) is 4.34. The van der Waals surface area contributed by atoms with E-state index in [4.69, 9.17) is 0 Å². The number of aromatic nitrogens is 1. The Bertz CT molecular complexity index is 583. The van der Waals surface area contributed by atoms with Crippen LogP contribution in [0.25, 0.3) is 10.9 Å². The highest BCUT2D eigenvalue weighted by Gasteiger charge is 2.07. The van der Waals surface area contributed by atoms with Crippen LogP contribution in [0.1, 0.15) is 17.5 Å². The molecule has 1 aliphatic rings. The maximum atomic E-state index is 3.12. The average molecular weight is 235 g/mol. The fourth-order valence-corrected chi connectivity index (χ4v) is 2.51. The normalized spacial score (nSPS) is 12.9. The van der Waals surface area contributed by atoms with E-state index in [1.54, 1.807) is 11.1 Å². The molecule has 18 heavy (non-hydrogen) atoms. The van der Waals surface area contributed by atoms with Crippen molar-refractivity contribution in [2.24, 2.45) is 0 Å². The van der Waals surface area contributed by atoms with Crippen LogP contribution in [0.3, 0.4) is 0 Å². The van der Waals surface area contributed by atoms with E-state index in [-0.39, 0.29) is 0 Å². The maximum Gasteiger partial charge on any atom is 0.0453 e. The van der Waals surface area contributed by atoms with Gasteiger partial charge < -0.3 is 4.98 Å². The summed E-state index contributed by atoms with van der Waals surface area (Å²) >= 11 is 0. The van der Waals surface area contributed by atoms with Crippen LogP contribution in [-0.4, -0.2) is 4.98 Å². The molecule has 0 fully saturated rings. The second-order valence-corrected chi connectivity index (χ2v) is 4.69. The molecule has 90 valence electrons. The molecule has 0 unspecified atom stereocenters. The van der Waals surface area contributed by atoms with Gasteiger partial charge in [0.2, 0.25) is 0 Å². The minimum atomic E-state index is 1.21. The molecule has 1 heterocycles. The number of nitrogens with one attached hydrogen (secondary N) is 1. The highest BCUT2D eigenvalue weighted by molar-refractivity contribution is 5.78. The van der Waals surface area contributed by atoms with E-state index in [1.807, 2.05) is 18.3 Å². The zero-order valence-electron chi connectivity index (χ0n) is 10.4. The molecular weight excluding hydrogens is 218 g/mol. The molecule has 0 saturated heterocycles. The Hall–Kier alpha value is -2.02. The first-order valence-electron chi connectivity index (χ1n) is 6.52. The van der Waals surface area contributed by atoms with E-state index in [9.17, 15) is 0 Å². The molecule has 0 radical (unpaired) electrons. The third-order valence-electron chi connectivity index (χ3n) is 3.47. The highest BCUT2D eigenvalue weighted by atomic mass is 14.6. The number of para-hydroxylation sites is 1. The summed E-state index contributed by atoms with van der Waals surface area (Å²) < 4.78 is 0. The molecule has 0 bridgehead atoms. The van der Waals surface area contributed by atoms with Crippen molar-refractivity contribution in [3.8, 4) is 0 Å². The van der Waals surface area contributed by atoms with E-state index in [0.29, 0.717) is 0 Å². The molecule has 1 aliphatic carbocycles. The predicted octanol–water partition coefficient (Wildman–Crippen LogP) is 4.34. The lowest BCUT2D eigenvalue weighted by atomic mass is 10.1. The molecule has 2 aromatic carbocycles. The van der Waals surface area contributed by atoms with Gasteiger partial charge in [-0.3, -0.25) is 0 Å². The second kappa shape index (κ2) is 5.09. The molecule has 1 aromatic heterocycles. The van der Waals surface area contributed by atoms with Crippen molar-refractivity contribution in [3.63, 3.8) is 0 Å². The Kier molecular flexibility index (Phi) is 3.14. The molecule has 1 nitrogen and oxygen atoms in total. The van der Waals surface area contributed by atoms with Gasteiger partial charge in [-0.1, -0.05) is 42.5 Å².